The van der Waals surface area contributed by atoms with E-state index in [0.717, 1.165) is 0 Å². The first kappa shape index (κ1) is 34.1. The van der Waals surface area contributed by atoms with E-state index in [0.29, 0.717) is 0 Å². The normalized spacial score (nSPS) is 53.8. The van der Waals surface area contributed by atoms with Crippen LogP contribution in [0.25, 0.3) is 0 Å². The molecule has 0 radical (unpaired) electrons. The van der Waals surface area contributed by atoms with Gasteiger partial charge in [0.1, 0.15) is 67.1 Å². The molecule has 0 bridgehead atoms. The maximum absolute atomic E-state index is 11.1. The van der Waals surface area contributed by atoms with Crippen LogP contribution in [0, 0.1) is 0 Å². The van der Waals surface area contributed by atoms with E-state index in [2.05, 4.69) is 0 Å². The average Bonchev–Trinajstić information content (AvgIpc) is 3.27. The van der Waals surface area contributed by atoms with Crippen LogP contribution in [-0.2, 0) is 28.4 Å². The summed E-state index contributed by atoms with van der Waals surface area (Å²) in [6.45, 7) is -1.49. The minimum absolute atomic E-state index is 0.0642. The molecular weight excluding hydrogens is 570 g/mol. The van der Waals surface area contributed by atoms with Gasteiger partial charge in [0, 0.05) is 18.6 Å². The van der Waals surface area contributed by atoms with Crippen molar-refractivity contribution in [3.05, 3.63) is 0 Å². The number of aliphatic hydroxyl groups is 8. The van der Waals surface area contributed by atoms with Crippen molar-refractivity contribution >= 4 is 0 Å². The van der Waals surface area contributed by atoms with Crippen molar-refractivity contribution in [3.8, 4) is 0 Å². The molecule has 18 N–H and O–H groups in total. The van der Waals surface area contributed by atoms with Crippen molar-refractivity contribution in [3.63, 3.8) is 0 Å². The first-order chi connectivity index (χ1) is 19.8. The van der Waals surface area contributed by atoms with Gasteiger partial charge in [-0.15, -0.1) is 0 Å². The lowest BCUT2D eigenvalue weighted by Gasteiger charge is -2.47. The summed E-state index contributed by atoms with van der Waals surface area (Å²) in [6.07, 6.45) is -20.5. The molecule has 13 unspecified atom stereocenters. The number of nitrogens with two attached hydrogens (primary N) is 5. The molecular formula is C23H45N5O14. The van der Waals surface area contributed by atoms with Crippen LogP contribution < -0.4 is 28.7 Å². The quantitative estimate of drug-likeness (QED) is 0.114. The second-order valence-electron chi connectivity index (χ2n) is 11.2. The van der Waals surface area contributed by atoms with Gasteiger partial charge in [-0.05, 0) is 6.42 Å². The molecule has 19 heteroatoms. The van der Waals surface area contributed by atoms with Crippen molar-refractivity contribution < 1.29 is 69.3 Å². The van der Waals surface area contributed by atoms with Crippen LogP contribution in [0.2, 0.25) is 0 Å². The third kappa shape index (κ3) is 6.60. The Morgan fingerprint density at radius 3 is 1.55 bits per heavy atom. The predicted octanol–water partition coefficient (Wildman–Crippen LogP) is -8.86. The summed E-state index contributed by atoms with van der Waals surface area (Å²) in [4.78, 5) is 0. The smallest absolute Gasteiger partial charge is 0.187 e. The van der Waals surface area contributed by atoms with Crippen molar-refractivity contribution in [2.75, 3.05) is 19.8 Å². The Morgan fingerprint density at radius 2 is 1.00 bits per heavy atom. The Hall–Kier alpha value is -0.760. The van der Waals surface area contributed by atoms with Crippen LogP contribution in [0.1, 0.15) is 6.42 Å². The van der Waals surface area contributed by atoms with Crippen LogP contribution in [0.3, 0.4) is 0 Å². The van der Waals surface area contributed by atoms with E-state index in [-0.39, 0.29) is 13.0 Å². The SMILES string of the molecule is NCC1O[C@@H](O[C@H]2C(O)C(O[C@@H]3C(O[C@H]4OC(CO)C(O)C(O)C4N)C(N)CC(N)[C@H]3O)O[C@@H]2CO)C(N)C(O)C1O. The standard InChI is InChI=1S/C23H45N5O14/c24-2-7-13(32)15(34)10(27)21(37-7)41-19-9(4-30)39-23(17(19)36)42-20-12(31)5(25)1-6(26)18(20)40-22-11(28)16(35)14(33)8(3-29)38-22/h5-23,29-36H,1-4,24-28H2/t5?,6?,7?,8?,9-,10?,11?,12-,13?,14?,15?,16?,17?,18?,19-,20+,21+,22-,23?/m1/s1. The molecule has 0 aromatic carbocycles. The number of aliphatic hydroxyl groups excluding tert-OH is 8. The third-order valence-corrected chi connectivity index (χ3v) is 8.32. The summed E-state index contributed by atoms with van der Waals surface area (Å²) in [7, 11) is 0. The van der Waals surface area contributed by atoms with E-state index >= 15 is 0 Å². The highest BCUT2D eigenvalue weighted by Crippen LogP contribution is 2.34. The van der Waals surface area contributed by atoms with Gasteiger partial charge < -0.3 is 97.9 Å². The molecule has 4 fully saturated rings. The molecule has 3 heterocycles. The molecule has 3 saturated heterocycles. The Labute approximate surface area is 240 Å². The third-order valence-electron chi connectivity index (χ3n) is 8.32. The lowest BCUT2D eigenvalue weighted by molar-refractivity contribution is -0.310. The highest BCUT2D eigenvalue weighted by atomic mass is 16.8. The van der Waals surface area contributed by atoms with Gasteiger partial charge in [0.15, 0.2) is 18.9 Å². The molecule has 1 saturated carbocycles. The van der Waals surface area contributed by atoms with Gasteiger partial charge in [-0.1, -0.05) is 0 Å². The molecule has 0 aromatic heterocycles. The summed E-state index contributed by atoms with van der Waals surface area (Å²) in [5.41, 5.74) is 29.9. The number of hydrogen-bond donors (Lipinski definition) is 13. The summed E-state index contributed by atoms with van der Waals surface area (Å²) in [6, 6.07) is -4.30. The van der Waals surface area contributed by atoms with E-state index in [1.807, 2.05) is 0 Å². The molecule has 0 aromatic rings. The fourth-order valence-electron chi connectivity index (χ4n) is 5.70. The second-order valence-corrected chi connectivity index (χ2v) is 11.2. The lowest BCUT2D eigenvalue weighted by Crippen LogP contribution is -2.68. The van der Waals surface area contributed by atoms with E-state index < -0.39 is 129 Å². The molecule has 0 spiro atoms. The average molecular weight is 616 g/mol. The Balaban J connectivity index is 1.50. The molecule has 42 heavy (non-hydrogen) atoms. The molecule has 4 aliphatic rings. The Kier molecular flexibility index (Phi) is 11.5. The minimum atomic E-state index is -1.62. The van der Waals surface area contributed by atoms with Crippen molar-refractivity contribution in [2.45, 2.75) is 123 Å². The Morgan fingerprint density at radius 1 is 0.524 bits per heavy atom. The number of hydrogen-bond acceptors (Lipinski definition) is 19. The molecule has 3 aliphatic heterocycles. The molecule has 19 nitrogen and oxygen atoms in total. The fourth-order valence-corrected chi connectivity index (χ4v) is 5.70. The van der Waals surface area contributed by atoms with Crippen LogP contribution in [0.5, 0.6) is 0 Å². The van der Waals surface area contributed by atoms with E-state index in [1.54, 1.807) is 0 Å². The molecule has 4 rings (SSSR count). The largest absolute Gasteiger partial charge is 0.394 e. The number of rotatable bonds is 9. The zero-order valence-corrected chi connectivity index (χ0v) is 22.7. The monoisotopic (exact) mass is 615 g/mol. The van der Waals surface area contributed by atoms with Gasteiger partial charge in [0.05, 0.1) is 31.4 Å². The van der Waals surface area contributed by atoms with Crippen molar-refractivity contribution in [1.29, 1.82) is 0 Å². The zero-order chi connectivity index (χ0) is 31.0. The second kappa shape index (κ2) is 14.1. The van der Waals surface area contributed by atoms with Crippen LogP contribution >= 0.6 is 0 Å². The summed E-state index contributed by atoms with van der Waals surface area (Å²) >= 11 is 0. The van der Waals surface area contributed by atoms with Crippen LogP contribution in [0.4, 0.5) is 0 Å². The van der Waals surface area contributed by atoms with Crippen LogP contribution in [-0.4, -0.2) is 177 Å². The summed E-state index contributed by atoms with van der Waals surface area (Å²) < 4.78 is 34.4. The maximum Gasteiger partial charge on any atom is 0.187 e. The van der Waals surface area contributed by atoms with Gasteiger partial charge in [-0.2, -0.15) is 0 Å². The molecule has 19 atom stereocenters. The van der Waals surface area contributed by atoms with E-state index in [4.69, 9.17) is 57.1 Å². The van der Waals surface area contributed by atoms with Crippen LogP contribution in [0.15, 0.2) is 0 Å². The molecule has 0 amide bonds. The van der Waals surface area contributed by atoms with E-state index in [1.165, 1.54) is 0 Å². The predicted molar refractivity (Wildman–Crippen MR) is 136 cm³/mol. The summed E-state index contributed by atoms with van der Waals surface area (Å²) in [5.74, 6) is 0. The van der Waals surface area contributed by atoms with Gasteiger partial charge in [-0.3, -0.25) is 0 Å². The van der Waals surface area contributed by atoms with Crippen molar-refractivity contribution in [1.82, 2.24) is 0 Å². The highest BCUT2D eigenvalue weighted by molar-refractivity contribution is 5.02. The topological polar surface area (TPSA) is 347 Å². The number of ether oxygens (including phenoxy) is 6. The van der Waals surface area contributed by atoms with Crippen molar-refractivity contribution in [2.24, 2.45) is 28.7 Å². The van der Waals surface area contributed by atoms with E-state index in [9.17, 15) is 40.9 Å². The first-order valence-electron chi connectivity index (χ1n) is 13.8. The molecule has 246 valence electrons. The lowest BCUT2D eigenvalue weighted by atomic mass is 9.84. The maximum atomic E-state index is 11.1. The highest BCUT2D eigenvalue weighted by Gasteiger charge is 2.54. The van der Waals surface area contributed by atoms with Gasteiger partial charge in [0.2, 0.25) is 0 Å². The molecule has 1 aliphatic carbocycles. The Bertz CT molecular complexity index is 866. The minimum Gasteiger partial charge on any atom is -0.394 e. The fraction of sp³-hybridized carbons (Fsp3) is 1.00. The van der Waals surface area contributed by atoms with Gasteiger partial charge in [-0.25, -0.2) is 0 Å². The summed E-state index contributed by atoms with van der Waals surface area (Å²) in [5, 5.41) is 82.3. The van der Waals surface area contributed by atoms with Gasteiger partial charge >= 0.3 is 0 Å². The van der Waals surface area contributed by atoms with Gasteiger partial charge in [0.25, 0.3) is 0 Å². The first-order valence-corrected chi connectivity index (χ1v) is 13.8. The zero-order valence-electron chi connectivity index (χ0n) is 22.7.